The summed E-state index contributed by atoms with van der Waals surface area (Å²) in [4.78, 5) is 13.8. The first-order valence-electron chi connectivity index (χ1n) is 8.00. The first-order chi connectivity index (χ1) is 10.4. The van der Waals surface area contributed by atoms with Gasteiger partial charge in [0.15, 0.2) is 0 Å². The number of hydrogen-bond donors (Lipinski definition) is 1. The highest BCUT2D eigenvalue weighted by molar-refractivity contribution is 5.86. The van der Waals surface area contributed by atoms with Crippen molar-refractivity contribution in [3.05, 3.63) is 35.0 Å². The molecule has 22 heavy (non-hydrogen) atoms. The number of fused-ring (bicyclic) bond motifs is 2. The molecule has 1 amide bonds. The van der Waals surface area contributed by atoms with Crippen molar-refractivity contribution in [2.75, 3.05) is 0 Å². The number of benzene rings is 1. The smallest absolute Gasteiger partial charge is 0.220 e. The van der Waals surface area contributed by atoms with Crippen LogP contribution in [0, 0.1) is 5.92 Å². The summed E-state index contributed by atoms with van der Waals surface area (Å²) in [7, 11) is 2.07. The summed E-state index contributed by atoms with van der Waals surface area (Å²) in [6.07, 6.45) is 2.85. The molecule has 1 aliphatic rings. The third-order valence-electron chi connectivity index (χ3n) is 4.88. The van der Waals surface area contributed by atoms with Gasteiger partial charge in [0.05, 0.1) is 0 Å². The number of aromatic nitrogens is 1. The second-order valence-electron chi connectivity index (χ2n) is 6.91. The lowest BCUT2D eigenvalue weighted by Crippen LogP contribution is -2.24. The molecule has 1 aromatic heterocycles. The summed E-state index contributed by atoms with van der Waals surface area (Å²) in [5, 5.41) is 1.26. The minimum Gasteiger partial charge on any atom is -0.369 e. The number of carbonyl (C=O) groups is 1. The Labute approximate surface area is 131 Å². The number of carbonyl (C=O) groups excluding carboxylic acids is 1. The van der Waals surface area contributed by atoms with Crippen molar-refractivity contribution in [1.82, 2.24) is 9.47 Å². The van der Waals surface area contributed by atoms with Gasteiger partial charge in [-0.2, -0.15) is 0 Å². The molecule has 0 bridgehead atoms. The molecule has 3 rings (SSSR count). The first-order valence-corrected chi connectivity index (χ1v) is 8.00. The maximum absolute atomic E-state index is 11.4. The molecule has 0 saturated carbocycles. The Morgan fingerprint density at radius 3 is 2.45 bits per heavy atom. The van der Waals surface area contributed by atoms with Crippen LogP contribution >= 0.6 is 0 Å². The second kappa shape index (κ2) is 5.43. The van der Waals surface area contributed by atoms with Crippen LogP contribution in [-0.2, 0) is 31.4 Å². The lowest BCUT2D eigenvalue weighted by molar-refractivity contribution is -0.121. The Morgan fingerprint density at radius 2 is 1.86 bits per heavy atom. The van der Waals surface area contributed by atoms with Gasteiger partial charge in [-0.05, 0) is 49.1 Å². The van der Waals surface area contributed by atoms with Crippen molar-refractivity contribution < 1.29 is 4.79 Å². The van der Waals surface area contributed by atoms with Gasteiger partial charge in [-0.3, -0.25) is 9.69 Å². The van der Waals surface area contributed by atoms with Crippen LogP contribution in [0.2, 0.25) is 0 Å². The van der Waals surface area contributed by atoms with Crippen LogP contribution in [0.4, 0.5) is 0 Å². The SMILES string of the molecule is CC(Cc1cn(C)c2cc3c(cc12)CN(C(C)C)C3)C(N)=O. The number of nitrogens with two attached hydrogens (primary N) is 1. The van der Waals surface area contributed by atoms with Gasteiger partial charge in [0.25, 0.3) is 0 Å². The van der Waals surface area contributed by atoms with Crippen molar-refractivity contribution in [2.24, 2.45) is 18.7 Å². The van der Waals surface area contributed by atoms with Crippen molar-refractivity contribution in [1.29, 1.82) is 0 Å². The quantitative estimate of drug-likeness (QED) is 0.943. The van der Waals surface area contributed by atoms with Crippen molar-refractivity contribution in [3.8, 4) is 0 Å². The van der Waals surface area contributed by atoms with E-state index in [1.54, 1.807) is 0 Å². The molecule has 0 aliphatic carbocycles. The van der Waals surface area contributed by atoms with E-state index >= 15 is 0 Å². The predicted molar refractivity (Wildman–Crippen MR) is 89.4 cm³/mol. The molecule has 4 heteroatoms. The summed E-state index contributed by atoms with van der Waals surface area (Å²) in [5.74, 6) is -0.366. The molecule has 1 atom stereocenters. The predicted octanol–water partition coefficient (Wildman–Crippen LogP) is 2.57. The molecule has 4 nitrogen and oxygen atoms in total. The maximum Gasteiger partial charge on any atom is 0.220 e. The number of nitrogens with zero attached hydrogens (tertiary/aromatic N) is 2. The van der Waals surface area contributed by atoms with Crippen LogP contribution in [0.5, 0.6) is 0 Å². The second-order valence-corrected chi connectivity index (χ2v) is 6.91. The van der Waals surface area contributed by atoms with Crippen LogP contribution in [0.15, 0.2) is 18.3 Å². The van der Waals surface area contributed by atoms with E-state index in [2.05, 4.69) is 48.7 Å². The Kier molecular flexibility index (Phi) is 3.73. The van der Waals surface area contributed by atoms with E-state index in [-0.39, 0.29) is 11.8 Å². The van der Waals surface area contributed by atoms with Gasteiger partial charge in [0.1, 0.15) is 0 Å². The van der Waals surface area contributed by atoms with Gasteiger partial charge in [0.2, 0.25) is 5.91 Å². The highest BCUT2D eigenvalue weighted by Gasteiger charge is 2.23. The normalized spacial score (nSPS) is 16.4. The van der Waals surface area contributed by atoms with E-state index in [0.717, 1.165) is 13.1 Å². The average molecular weight is 299 g/mol. The first kappa shape index (κ1) is 15.1. The van der Waals surface area contributed by atoms with Crippen molar-refractivity contribution >= 4 is 16.8 Å². The number of amides is 1. The van der Waals surface area contributed by atoms with Crippen molar-refractivity contribution in [2.45, 2.75) is 46.3 Å². The van der Waals surface area contributed by atoms with Crippen LogP contribution < -0.4 is 5.73 Å². The summed E-state index contributed by atoms with van der Waals surface area (Å²) in [6.45, 7) is 8.43. The maximum atomic E-state index is 11.4. The zero-order valence-electron chi connectivity index (χ0n) is 13.9. The molecule has 0 radical (unpaired) electrons. The zero-order chi connectivity index (χ0) is 16.0. The standard InChI is InChI=1S/C18H25N3O/c1-11(2)21-9-13-6-16-15(5-12(3)18(19)22)8-20(4)17(16)7-14(13)10-21/h6-8,11-12H,5,9-10H2,1-4H3,(H2,19,22). The van der Waals surface area contributed by atoms with E-state index in [1.807, 2.05) is 6.92 Å². The lowest BCUT2D eigenvalue weighted by atomic mass is 9.98. The van der Waals surface area contributed by atoms with E-state index in [0.29, 0.717) is 12.5 Å². The molecule has 118 valence electrons. The topological polar surface area (TPSA) is 51.3 Å². The van der Waals surface area contributed by atoms with Crippen LogP contribution in [-0.4, -0.2) is 21.4 Å². The molecule has 2 aromatic rings. The van der Waals surface area contributed by atoms with E-state index in [1.165, 1.54) is 27.6 Å². The molecule has 2 N–H and O–H groups in total. The minimum atomic E-state index is -0.232. The fraction of sp³-hybridized carbons (Fsp3) is 0.500. The highest BCUT2D eigenvalue weighted by atomic mass is 16.1. The largest absolute Gasteiger partial charge is 0.369 e. The molecule has 2 heterocycles. The summed E-state index contributed by atoms with van der Waals surface area (Å²) in [6, 6.07) is 5.19. The van der Waals surface area contributed by atoms with Crippen molar-refractivity contribution in [3.63, 3.8) is 0 Å². The van der Waals surface area contributed by atoms with Gasteiger partial charge in [-0.1, -0.05) is 6.92 Å². The van der Waals surface area contributed by atoms with Crippen LogP contribution in [0.25, 0.3) is 10.9 Å². The third-order valence-corrected chi connectivity index (χ3v) is 4.88. The number of rotatable bonds is 4. The zero-order valence-corrected chi connectivity index (χ0v) is 13.9. The Hall–Kier alpha value is -1.81. The lowest BCUT2D eigenvalue weighted by Gasteiger charge is -2.18. The summed E-state index contributed by atoms with van der Waals surface area (Å²) < 4.78 is 2.16. The Bertz CT molecular complexity index is 729. The van der Waals surface area contributed by atoms with Gasteiger partial charge >= 0.3 is 0 Å². The summed E-state index contributed by atoms with van der Waals surface area (Å²) >= 11 is 0. The van der Waals surface area contributed by atoms with E-state index < -0.39 is 0 Å². The van der Waals surface area contributed by atoms with Crippen LogP contribution in [0.3, 0.4) is 0 Å². The molecule has 0 fully saturated rings. The highest BCUT2D eigenvalue weighted by Crippen LogP contribution is 2.32. The van der Waals surface area contributed by atoms with E-state index in [9.17, 15) is 4.79 Å². The third kappa shape index (κ3) is 2.52. The molecule has 1 aromatic carbocycles. The molecule has 0 saturated heterocycles. The summed E-state index contributed by atoms with van der Waals surface area (Å²) in [5.41, 5.74) is 10.7. The Balaban J connectivity index is 2.01. The average Bonchev–Trinajstić information content (AvgIpc) is 2.99. The van der Waals surface area contributed by atoms with Gasteiger partial charge in [0, 0.05) is 49.2 Å². The number of hydrogen-bond acceptors (Lipinski definition) is 2. The molecule has 1 unspecified atom stereocenters. The molecular weight excluding hydrogens is 274 g/mol. The molecular formula is C18H25N3O. The minimum absolute atomic E-state index is 0.133. The Morgan fingerprint density at radius 1 is 1.23 bits per heavy atom. The fourth-order valence-electron chi connectivity index (χ4n) is 3.34. The van der Waals surface area contributed by atoms with Crippen LogP contribution in [0.1, 0.15) is 37.5 Å². The molecule has 1 aliphatic heterocycles. The number of primary amides is 1. The van der Waals surface area contributed by atoms with Gasteiger partial charge in [-0.25, -0.2) is 0 Å². The fourth-order valence-corrected chi connectivity index (χ4v) is 3.34. The van der Waals surface area contributed by atoms with Gasteiger partial charge < -0.3 is 10.3 Å². The van der Waals surface area contributed by atoms with E-state index in [4.69, 9.17) is 5.73 Å². The van der Waals surface area contributed by atoms with Gasteiger partial charge in [-0.15, -0.1) is 0 Å². The monoisotopic (exact) mass is 299 g/mol. The number of aryl methyl sites for hydroxylation is 1. The molecule has 0 spiro atoms.